The summed E-state index contributed by atoms with van der Waals surface area (Å²) in [6.45, 7) is 10.0. The van der Waals surface area contributed by atoms with Gasteiger partial charge in [0.25, 0.3) is 0 Å². The molecule has 1 aromatic heterocycles. The Bertz CT molecular complexity index is 511. The van der Waals surface area contributed by atoms with Gasteiger partial charge < -0.3 is 9.88 Å². The highest BCUT2D eigenvalue weighted by Gasteiger charge is 2.00. The third-order valence-corrected chi connectivity index (χ3v) is 3.48. The van der Waals surface area contributed by atoms with Crippen LogP contribution < -0.4 is 5.32 Å². The number of rotatable bonds is 7. The van der Waals surface area contributed by atoms with Crippen molar-refractivity contribution in [3.05, 3.63) is 36.0 Å². The van der Waals surface area contributed by atoms with E-state index in [-0.39, 0.29) is 0 Å². The Labute approximate surface area is 116 Å². The van der Waals surface area contributed by atoms with Crippen LogP contribution in [0.4, 0.5) is 0 Å². The Hall–Kier alpha value is -1.28. The predicted octanol–water partition coefficient (Wildman–Crippen LogP) is 3.98. The smallest absolute Gasteiger partial charge is 0.0480 e. The molecule has 0 aliphatic rings. The van der Waals surface area contributed by atoms with Gasteiger partial charge in [-0.15, -0.1) is 0 Å². The lowest BCUT2D eigenvalue weighted by molar-refractivity contribution is 0.522. The second-order valence-corrected chi connectivity index (χ2v) is 5.88. The van der Waals surface area contributed by atoms with Crippen molar-refractivity contribution >= 4 is 10.9 Å². The number of fused-ring (bicyclic) bond motifs is 1. The molecule has 0 spiro atoms. The van der Waals surface area contributed by atoms with Crippen LogP contribution in [0.1, 0.15) is 32.3 Å². The summed E-state index contributed by atoms with van der Waals surface area (Å²) in [5.41, 5.74) is 2.70. The number of aryl methyl sites for hydroxylation is 2. The molecule has 0 radical (unpaired) electrons. The van der Waals surface area contributed by atoms with Crippen molar-refractivity contribution in [1.29, 1.82) is 0 Å². The molecule has 2 rings (SSSR count). The summed E-state index contributed by atoms with van der Waals surface area (Å²) < 4.78 is 2.37. The molecule has 0 saturated heterocycles. The van der Waals surface area contributed by atoms with Crippen molar-refractivity contribution in [2.24, 2.45) is 5.92 Å². The van der Waals surface area contributed by atoms with Crippen LogP contribution in [0.2, 0.25) is 0 Å². The summed E-state index contributed by atoms with van der Waals surface area (Å²) in [4.78, 5) is 0. The Balaban J connectivity index is 1.79. The summed E-state index contributed by atoms with van der Waals surface area (Å²) in [5.74, 6) is 0.747. The molecule has 0 unspecified atom stereocenters. The molecule has 0 saturated carbocycles. The number of nitrogens with one attached hydrogen (secondary N) is 1. The molecule has 1 N–H and O–H groups in total. The average molecular weight is 258 g/mol. The quantitative estimate of drug-likeness (QED) is 0.743. The standard InChI is InChI=1S/C17H26N2/c1-14(2)13-18-9-4-5-10-19-11-8-16-12-15(3)6-7-17(16)19/h6-8,11-12,14,18H,4-5,9-10,13H2,1-3H3. The Morgan fingerprint density at radius 3 is 2.79 bits per heavy atom. The molecule has 0 amide bonds. The topological polar surface area (TPSA) is 17.0 Å². The molecule has 0 aliphatic heterocycles. The number of hydrogen-bond donors (Lipinski definition) is 1. The zero-order valence-electron chi connectivity index (χ0n) is 12.4. The van der Waals surface area contributed by atoms with Gasteiger partial charge in [-0.2, -0.15) is 0 Å². The lowest BCUT2D eigenvalue weighted by Crippen LogP contribution is -2.20. The molecular formula is C17H26N2. The van der Waals surface area contributed by atoms with Crippen molar-refractivity contribution in [2.75, 3.05) is 13.1 Å². The zero-order chi connectivity index (χ0) is 13.7. The van der Waals surface area contributed by atoms with E-state index in [1.54, 1.807) is 0 Å². The van der Waals surface area contributed by atoms with E-state index in [1.165, 1.54) is 29.3 Å². The van der Waals surface area contributed by atoms with Crippen LogP contribution in [0.25, 0.3) is 10.9 Å². The molecule has 0 fully saturated rings. The molecule has 104 valence electrons. The first-order valence-corrected chi connectivity index (χ1v) is 7.43. The zero-order valence-corrected chi connectivity index (χ0v) is 12.4. The number of unbranched alkanes of at least 4 members (excludes halogenated alkanes) is 1. The van der Waals surface area contributed by atoms with Gasteiger partial charge in [-0.3, -0.25) is 0 Å². The minimum absolute atomic E-state index is 0.747. The maximum absolute atomic E-state index is 3.50. The first-order valence-electron chi connectivity index (χ1n) is 7.43. The molecule has 2 aromatic rings. The van der Waals surface area contributed by atoms with Gasteiger partial charge in [-0.05, 0) is 62.4 Å². The lowest BCUT2D eigenvalue weighted by Gasteiger charge is -2.08. The maximum Gasteiger partial charge on any atom is 0.0480 e. The molecule has 0 bridgehead atoms. The van der Waals surface area contributed by atoms with E-state index in [0.29, 0.717) is 0 Å². The summed E-state index contributed by atoms with van der Waals surface area (Å²) in [6.07, 6.45) is 4.70. The van der Waals surface area contributed by atoms with E-state index >= 15 is 0 Å². The molecule has 2 nitrogen and oxygen atoms in total. The number of hydrogen-bond acceptors (Lipinski definition) is 1. The van der Waals surface area contributed by atoms with Gasteiger partial charge in [0, 0.05) is 18.3 Å². The van der Waals surface area contributed by atoms with E-state index in [9.17, 15) is 0 Å². The van der Waals surface area contributed by atoms with Crippen molar-refractivity contribution < 1.29 is 0 Å². The minimum Gasteiger partial charge on any atom is -0.347 e. The van der Waals surface area contributed by atoms with E-state index in [2.05, 4.69) is 61.1 Å². The van der Waals surface area contributed by atoms with Crippen LogP contribution in [0.15, 0.2) is 30.5 Å². The van der Waals surface area contributed by atoms with Crippen LogP contribution in [-0.2, 0) is 6.54 Å². The normalized spacial score (nSPS) is 11.6. The highest BCUT2D eigenvalue weighted by Crippen LogP contribution is 2.17. The van der Waals surface area contributed by atoms with Gasteiger partial charge in [0.15, 0.2) is 0 Å². The second-order valence-electron chi connectivity index (χ2n) is 5.88. The summed E-state index contributed by atoms with van der Waals surface area (Å²) in [7, 11) is 0. The summed E-state index contributed by atoms with van der Waals surface area (Å²) in [5, 5.41) is 4.86. The van der Waals surface area contributed by atoms with Crippen molar-refractivity contribution in [1.82, 2.24) is 9.88 Å². The third kappa shape index (κ3) is 4.10. The largest absolute Gasteiger partial charge is 0.347 e. The van der Waals surface area contributed by atoms with Crippen LogP contribution in [-0.4, -0.2) is 17.7 Å². The predicted molar refractivity (Wildman–Crippen MR) is 83.6 cm³/mol. The molecular weight excluding hydrogens is 232 g/mol. The fourth-order valence-corrected chi connectivity index (χ4v) is 2.44. The van der Waals surface area contributed by atoms with Gasteiger partial charge >= 0.3 is 0 Å². The van der Waals surface area contributed by atoms with Crippen molar-refractivity contribution in [3.8, 4) is 0 Å². The summed E-state index contributed by atoms with van der Waals surface area (Å²) in [6, 6.07) is 8.92. The van der Waals surface area contributed by atoms with E-state index in [0.717, 1.165) is 25.6 Å². The van der Waals surface area contributed by atoms with Crippen LogP contribution in [0.3, 0.4) is 0 Å². The van der Waals surface area contributed by atoms with Crippen molar-refractivity contribution in [3.63, 3.8) is 0 Å². The Kier molecular flexibility index (Phi) is 5.03. The van der Waals surface area contributed by atoms with Gasteiger partial charge in [-0.25, -0.2) is 0 Å². The van der Waals surface area contributed by atoms with Gasteiger partial charge in [0.2, 0.25) is 0 Å². The maximum atomic E-state index is 3.50. The minimum atomic E-state index is 0.747. The Morgan fingerprint density at radius 2 is 2.00 bits per heavy atom. The van der Waals surface area contributed by atoms with Gasteiger partial charge in [0.05, 0.1) is 0 Å². The number of nitrogens with zero attached hydrogens (tertiary/aromatic N) is 1. The highest BCUT2D eigenvalue weighted by molar-refractivity contribution is 5.80. The SMILES string of the molecule is Cc1ccc2c(ccn2CCCCNCC(C)C)c1. The molecule has 19 heavy (non-hydrogen) atoms. The Morgan fingerprint density at radius 1 is 1.16 bits per heavy atom. The molecule has 0 atom stereocenters. The monoisotopic (exact) mass is 258 g/mol. The van der Waals surface area contributed by atoms with Crippen LogP contribution >= 0.6 is 0 Å². The van der Waals surface area contributed by atoms with E-state index in [1.807, 2.05) is 0 Å². The fraction of sp³-hybridized carbons (Fsp3) is 0.529. The first kappa shape index (κ1) is 14.1. The van der Waals surface area contributed by atoms with Crippen molar-refractivity contribution in [2.45, 2.75) is 40.2 Å². The molecule has 2 heteroatoms. The van der Waals surface area contributed by atoms with E-state index in [4.69, 9.17) is 0 Å². The van der Waals surface area contributed by atoms with Gasteiger partial charge in [-0.1, -0.05) is 25.5 Å². The van der Waals surface area contributed by atoms with Crippen LogP contribution in [0, 0.1) is 12.8 Å². The van der Waals surface area contributed by atoms with E-state index < -0.39 is 0 Å². The first-order chi connectivity index (χ1) is 9.16. The molecule has 0 aliphatic carbocycles. The van der Waals surface area contributed by atoms with Crippen LogP contribution in [0.5, 0.6) is 0 Å². The third-order valence-electron chi connectivity index (χ3n) is 3.48. The summed E-state index contributed by atoms with van der Waals surface area (Å²) >= 11 is 0. The van der Waals surface area contributed by atoms with Gasteiger partial charge in [0.1, 0.15) is 0 Å². The molecule has 1 heterocycles. The lowest BCUT2D eigenvalue weighted by atomic mass is 10.2. The number of aromatic nitrogens is 1. The number of benzene rings is 1. The highest BCUT2D eigenvalue weighted by atomic mass is 14.9. The molecule has 1 aromatic carbocycles. The fourth-order valence-electron chi connectivity index (χ4n) is 2.44. The second kappa shape index (κ2) is 6.76. The average Bonchev–Trinajstić information content (AvgIpc) is 2.75.